The van der Waals surface area contributed by atoms with E-state index in [4.69, 9.17) is 9.47 Å². The van der Waals surface area contributed by atoms with Gasteiger partial charge < -0.3 is 24.7 Å². The second-order valence-electron chi connectivity index (χ2n) is 4.50. The number of carbonyl (C=O) groups excluding carboxylic acids is 2. The van der Waals surface area contributed by atoms with E-state index in [-0.39, 0.29) is 24.7 Å². The first-order chi connectivity index (χ1) is 9.46. The topological polar surface area (TPSA) is 87.7 Å². The van der Waals surface area contributed by atoms with Gasteiger partial charge in [-0.05, 0) is 24.5 Å². The Kier molecular flexibility index (Phi) is 5.83. The van der Waals surface area contributed by atoms with E-state index in [0.29, 0.717) is 17.2 Å². The van der Waals surface area contributed by atoms with Gasteiger partial charge >= 0.3 is 0 Å². The molecule has 0 fully saturated rings. The fourth-order valence-electron chi connectivity index (χ4n) is 1.78. The summed E-state index contributed by atoms with van der Waals surface area (Å²) in [6.07, 6.45) is -0.0453. The Hall–Kier alpha value is -2.24. The Morgan fingerprint density at radius 1 is 1.25 bits per heavy atom. The number of carbonyl (C=O) groups is 2. The van der Waals surface area contributed by atoms with Crippen LogP contribution in [0, 0.1) is 5.92 Å². The van der Waals surface area contributed by atoms with Crippen molar-refractivity contribution in [3.63, 3.8) is 0 Å². The molecule has 0 aliphatic heterocycles. The van der Waals surface area contributed by atoms with Crippen molar-refractivity contribution in [2.45, 2.75) is 19.8 Å². The highest BCUT2D eigenvalue weighted by Crippen LogP contribution is 2.29. The van der Waals surface area contributed by atoms with Crippen molar-refractivity contribution in [3.8, 4) is 11.5 Å². The fraction of sp³-hybridized carbons (Fsp3) is 0.429. The summed E-state index contributed by atoms with van der Waals surface area (Å²) < 4.78 is 10.2. The van der Waals surface area contributed by atoms with Gasteiger partial charge in [-0.25, -0.2) is 0 Å². The second kappa shape index (κ2) is 7.37. The number of methoxy groups -OCH3 is 2. The molecule has 6 heteroatoms. The van der Waals surface area contributed by atoms with Gasteiger partial charge in [-0.3, -0.25) is 4.79 Å². The molecule has 1 aromatic rings. The molecular weight excluding hydrogens is 262 g/mol. The molecule has 0 aliphatic rings. The van der Waals surface area contributed by atoms with E-state index in [1.54, 1.807) is 25.1 Å². The van der Waals surface area contributed by atoms with Crippen molar-refractivity contribution in [1.29, 1.82) is 0 Å². The standard InChI is InChI=1S/C14H19NO5/c1-9(7-14(17)18)6-13(16)15-11-5-4-10(19-2)8-12(11)20-3/h4-5,8-9H,6-7H2,1-3H3,(H,15,16)(H,17,18)/p-1/t9-/m0/s1. The molecule has 6 nitrogen and oxygen atoms in total. The normalized spacial score (nSPS) is 11.6. The molecule has 20 heavy (non-hydrogen) atoms. The van der Waals surface area contributed by atoms with Crippen LogP contribution in [-0.2, 0) is 9.59 Å². The van der Waals surface area contributed by atoms with Crippen LogP contribution in [0.3, 0.4) is 0 Å². The van der Waals surface area contributed by atoms with E-state index in [2.05, 4.69) is 5.32 Å². The van der Waals surface area contributed by atoms with Gasteiger partial charge in [0.1, 0.15) is 11.5 Å². The fourth-order valence-corrected chi connectivity index (χ4v) is 1.78. The number of carboxylic acid groups (broad SMARTS) is 1. The third-order valence-corrected chi connectivity index (χ3v) is 2.73. The van der Waals surface area contributed by atoms with Crippen molar-refractivity contribution in [2.75, 3.05) is 19.5 Å². The summed E-state index contributed by atoms with van der Waals surface area (Å²) >= 11 is 0. The average Bonchev–Trinajstić information content (AvgIpc) is 2.37. The number of carboxylic acids is 1. The molecule has 1 rings (SSSR count). The van der Waals surface area contributed by atoms with E-state index < -0.39 is 5.97 Å². The zero-order valence-electron chi connectivity index (χ0n) is 11.8. The molecule has 0 saturated heterocycles. The minimum Gasteiger partial charge on any atom is -0.550 e. The van der Waals surface area contributed by atoms with Crippen molar-refractivity contribution >= 4 is 17.6 Å². The third kappa shape index (κ3) is 4.79. The monoisotopic (exact) mass is 280 g/mol. The second-order valence-corrected chi connectivity index (χ2v) is 4.50. The van der Waals surface area contributed by atoms with Gasteiger partial charge in [-0.2, -0.15) is 0 Å². The molecule has 110 valence electrons. The molecule has 0 heterocycles. The number of ether oxygens (including phenoxy) is 2. The van der Waals surface area contributed by atoms with Crippen LogP contribution < -0.4 is 19.9 Å². The Morgan fingerprint density at radius 3 is 2.50 bits per heavy atom. The molecule has 1 atom stereocenters. The Balaban J connectivity index is 2.68. The van der Waals surface area contributed by atoms with Crippen LogP contribution in [0.4, 0.5) is 5.69 Å². The third-order valence-electron chi connectivity index (χ3n) is 2.73. The molecule has 1 N–H and O–H groups in total. The number of amides is 1. The first kappa shape index (κ1) is 15.8. The molecule has 1 amide bonds. The predicted molar refractivity (Wildman–Crippen MR) is 71.6 cm³/mol. The van der Waals surface area contributed by atoms with Crippen molar-refractivity contribution in [2.24, 2.45) is 5.92 Å². The van der Waals surface area contributed by atoms with E-state index in [0.717, 1.165) is 0 Å². The Bertz CT molecular complexity index is 486. The van der Waals surface area contributed by atoms with Gasteiger partial charge in [0.15, 0.2) is 0 Å². The predicted octanol–water partition coefficient (Wildman–Crippen LogP) is 0.808. The Morgan fingerprint density at radius 2 is 1.95 bits per heavy atom. The number of hydrogen-bond acceptors (Lipinski definition) is 5. The molecule has 0 aliphatic carbocycles. The van der Waals surface area contributed by atoms with E-state index in [9.17, 15) is 14.7 Å². The SMILES string of the molecule is COc1ccc(NC(=O)C[C@H](C)CC(=O)[O-])c(OC)c1. The zero-order chi connectivity index (χ0) is 15.1. The largest absolute Gasteiger partial charge is 0.550 e. The van der Waals surface area contributed by atoms with E-state index in [1.807, 2.05) is 0 Å². The molecule has 0 unspecified atom stereocenters. The van der Waals surface area contributed by atoms with Crippen LogP contribution in [0.2, 0.25) is 0 Å². The summed E-state index contributed by atoms with van der Waals surface area (Å²) in [4.78, 5) is 22.3. The van der Waals surface area contributed by atoms with Gasteiger partial charge in [0.05, 0.1) is 19.9 Å². The van der Waals surface area contributed by atoms with Gasteiger partial charge in [-0.15, -0.1) is 0 Å². The Labute approximate surface area is 117 Å². The first-order valence-corrected chi connectivity index (χ1v) is 6.18. The van der Waals surface area contributed by atoms with Crippen LogP contribution in [0.15, 0.2) is 18.2 Å². The maximum absolute atomic E-state index is 11.8. The summed E-state index contributed by atoms with van der Waals surface area (Å²) in [5.41, 5.74) is 0.513. The lowest BCUT2D eigenvalue weighted by atomic mass is 10.0. The number of nitrogens with one attached hydrogen (secondary N) is 1. The molecule has 0 saturated carbocycles. The van der Waals surface area contributed by atoms with E-state index >= 15 is 0 Å². The molecule has 1 aromatic carbocycles. The summed E-state index contributed by atoms with van der Waals surface area (Å²) in [6, 6.07) is 5.02. The molecule has 0 aromatic heterocycles. The average molecular weight is 280 g/mol. The maximum atomic E-state index is 11.8. The highest BCUT2D eigenvalue weighted by atomic mass is 16.5. The van der Waals surface area contributed by atoms with Crippen LogP contribution in [0.25, 0.3) is 0 Å². The summed E-state index contributed by atoms with van der Waals surface area (Å²) in [5.74, 6) is -0.630. The van der Waals surface area contributed by atoms with Crippen LogP contribution >= 0.6 is 0 Å². The summed E-state index contributed by atoms with van der Waals surface area (Å²) in [6.45, 7) is 1.68. The number of rotatable bonds is 7. The minimum absolute atomic E-state index is 0.100. The quantitative estimate of drug-likeness (QED) is 0.798. The van der Waals surface area contributed by atoms with Crippen molar-refractivity contribution in [1.82, 2.24) is 0 Å². The number of aliphatic carboxylic acids is 1. The van der Waals surface area contributed by atoms with Gasteiger partial charge in [-0.1, -0.05) is 6.92 Å². The highest BCUT2D eigenvalue weighted by Gasteiger charge is 2.12. The molecule has 0 bridgehead atoms. The highest BCUT2D eigenvalue weighted by molar-refractivity contribution is 5.92. The minimum atomic E-state index is -1.16. The van der Waals surface area contributed by atoms with Crippen LogP contribution in [0.1, 0.15) is 19.8 Å². The van der Waals surface area contributed by atoms with Crippen LogP contribution in [0.5, 0.6) is 11.5 Å². The molecular formula is C14H18NO5-. The van der Waals surface area contributed by atoms with Crippen molar-refractivity contribution < 1.29 is 24.2 Å². The zero-order valence-corrected chi connectivity index (χ0v) is 11.8. The molecule has 0 radical (unpaired) electrons. The van der Waals surface area contributed by atoms with Crippen LogP contribution in [-0.4, -0.2) is 26.1 Å². The number of hydrogen-bond donors (Lipinski definition) is 1. The summed E-state index contributed by atoms with van der Waals surface area (Å²) in [7, 11) is 3.03. The maximum Gasteiger partial charge on any atom is 0.224 e. The van der Waals surface area contributed by atoms with Crippen molar-refractivity contribution in [3.05, 3.63) is 18.2 Å². The number of benzene rings is 1. The molecule has 0 spiro atoms. The number of anilines is 1. The first-order valence-electron chi connectivity index (χ1n) is 6.18. The van der Waals surface area contributed by atoms with E-state index in [1.165, 1.54) is 14.2 Å². The smallest absolute Gasteiger partial charge is 0.224 e. The van der Waals surface area contributed by atoms with Gasteiger partial charge in [0.25, 0.3) is 0 Å². The van der Waals surface area contributed by atoms with Gasteiger partial charge in [0, 0.05) is 18.5 Å². The lowest BCUT2D eigenvalue weighted by molar-refractivity contribution is -0.306. The summed E-state index contributed by atoms with van der Waals surface area (Å²) in [5, 5.41) is 13.1. The lowest BCUT2D eigenvalue weighted by Crippen LogP contribution is -2.26. The van der Waals surface area contributed by atoms with Gasteiger partial charge in [0.2, 0.25) is 5.91 Å². The lowest BCUT2D eigenvalue weighted by Gasteiger charge is -2.14.